The molecule has 2 aromatic carbocycles. The van der Waals surface area contributed by atoms with E-state index in [-0.39, 0.29) is 29.1 Å². The van der Waals surface area contributed by atoms with E-state index >= 15 is 0 Å². The minimum atomic E-state index is -4.63. The van der Waals surface area contributed by atoms with Crippen molar-refractivity contribution in [3.63, 3.8) is 0 Å². The second kappa shape index (κ2) is 15.2. The lowest BCUT2D eigenvalue weighted by Crippen LogP contribution is -2.31. The average Bonchev–Trinajstić information content (AvgIpc) is 3.69. The highest BCUT2D eigenvalue weighted by molar-refractivity contribution is 7.86. The second-order valence-corrected chi connectivity index (χ2v) is 17.3. The first-order valence-electron chi connectivity index (χ1n) is 17.9. The molecule has 15 heteroatoms. The lowest BCUT2D eigenvalue weighted by atomic mass is 9.81. The van der Waals surface area contributed by atoms with Gasteiger partial charge in [-0.25, -0.2) is 13.2 Å². The van der Waals surface area contributed by atoms with Crippen molar-refractivity contribution >= 4 is 55.1 Å². The summed E-state index contributed by atoms with van der Waals surface area (Å²) in [4.78, 5) is 42.3. The Morgan fingerprint density at radius 2 is 1.67 bits per heavy atom. The van der Waals surface area contributed by atoms with Gasteiger partial charge in [-0.3, -0.25) is 14.1 Å². The Bertz CT molecular complexity index is 2280. The zero-order valence-electron chi connectivity index (χ0n) is 30.4. The molecule has 1 N–H and O–H groups in total. The smallest absolute Gasteiger partial charge is 0.333 e. The molecule has 0 saturated carbocycles. The van der Waals surface area contributed by atoms with Crippen LogP contribution in [0.5, 0.6) is 0 Å². The van der Waals surface area contributed by atoms with Crippen LogP contribution in [-0.4, -0.2) is 72.7 Å². The molecule has 0 radical (unpaired) electrons. The topological polar surface area (TPSA) is 181 Å². The number of rotatable bonds is 12. The van der Waals surface area contributed by atoms with Crippen molar-refractivity contribution in [2.45, 2.75) is 93.3 Å². The average molecular weight is 778 g/mol. The van der Waals surface area contributed by atoms with E-state index in [1.165, 1.54) is 24.3 Å². The molecular weight excluding hydrogens is 735 g/mol. The number of allylic oxidation sites excluding steroid dienone is 8. The summed E-state index contributed by atoms with van der Waals surface area (Å²) in [7, 11) is -7.04. The quantitative estimate of drug-likeness (QED) is 0.124. The van der Waals surface area contributed by atoms with Gasteiger partial charge >= 0.3 is 5.97 Å². The zero-order chi connectivity index (χ0) is 39.0. The van der Waals surface area contributed by atoms with Crippen molar-refractivity contribution in [3.05, 3.63) is 94.7 Å². The maximum absolute atomic E-state index is 12.2. The lowest BCUT2D eigenvalue weighted by Gasteiger charge is -2.22. The Balaban J connectivity index is 1.16. The summed E-state index contributed by atoms with van der Waals surface area (Å²) in [5.41, 5.74) is 6.87. The minimum absolute atomic E-state index is 0.0324. The first-order chi connectivity index (χ1) is 25.4. The van der Waals surface area contributed by atoms with Gasteiger partial charge in [0.05, 0.1) is 15.2 Å². The Labute approximate surface area is 315 Å². The van der Waals surface area contributed by atoms with Crippen LogP contribution in [0, 0.1) is 0 Å². The van der Waals surface area contributed by atoms with Crippen LogP contribution in [0.2, 0.25) is 0 Å². The van der Waals surface area contributed by atoms with Gasteiger partial charge in [0.15, 0.2) is 5.71 Å². The highest BCUT2D eigenvalue weighted by Crippen LogP contribution is 2.41. The molecule has 2 amide bonds. The van der Waals surface area contributed by atoms with Crippen molar-refractivity contribution in [1.82, 2.24) is 5.06 Å². The summed E-state index contributed by atoms with van der Waals surface area (Å²) in [6.07, 6.45) is 15.4. The van der Waals surface area contributed by atoms with Gasteiger partial charge in [0.25, 0.3) is 21.9 Å². The normalized spacial score (nSPS) is 20.1. The fourth-order valence-electron chi connectivity index (χ4n) is 7.51. The van der Waals surface area contributed by atoms with E-state index in [1.54, 1.807) is 12.1 Å². The van der Waals surface area contributed by atoms with E-state index < -0.39 is 43.4 Å². The summed E-state index contributed by atoms with van der Waals surface area (Å²) in [5.74, 6) is -1.69. The molecule has 4 aliphatic rings. The third-order valence-electron chi connectivity index (χ3n) is 10.4. The summed E-state index contributed by atoms with van der Waals surface area (Å²) in [5, 5.41) is 0.547. The predicted molar refractivity (Wildman–Crippen MR) is 198 cm³/mol. The van der Waals surface area contributed by atoms with Gasteiger partial charge in [0.2, 0.25) is 5.69 Å². The van der Waals surface area contributed by atoms with Crippen molar-refractivity contribution < 1.29 is 49.7 Å². The standard InChI is InChI=1S/C39H43N3O10S2/c1-39(2)32-25-31(54(49,50)51)15-17-34(32)40(3)35(39)18-12-27-9-7-8-26(22-27)11-13-29-23-28-24-30(53(46,47)48)14-16-33(28)41(29)21-6-4-5-10-38(45)52-42-36(43)19-20-37(42)44/h11-18,22,24-25H,4-10,19-21,23H2,1-3H3,(H-,46,47,48,49,50,51). The number of anilines is 1. The van der Waals surface area contributed by atoms with E-state index in [2.05, 4.69) is 29.2 Å². The molecule has 3 aliphatic heterocycles. The van der Waals surface area contributed by atoms with Gasteiger partial charge in [0.1, 0.15) is 17.2 Å². The van der Waals surface area contributed by atoms with Crippen molar-refractivity contribution in [2.24, 2.45) is 0 Å². The van der Waals surface area contributed by atoms with Gasteiger partial charge in [-0.2, -0.15) is 13.0 Å². The highest BCUT2D eigenvalue weighted by atomic mass is 32.2. The molecule has 0 spiro atoms. The fraction of sp³-hybridized carbons (Fsp3) is 0.385. The molecule has 3 heterocycles. The van der Waals surface area contributed by atoms with Crippen LogP contribution in [0.25, 0.3) is 0 Å². The molecular formula is C39H43N3O10S2. The number of hydroxylamine groups is 2. The largest absolute Gasteiger partial charge is 0.744 e. The number of fused-ring (bicyclic) bond motifs is 2. The molecule has 0 bridgehead atoms. The molecule has 1 aliphatic carbocycles. The van der Waals surface area contributed by atoms with Crippen LogP contribution < -0.4 is 4.90 Å². The number of carbonyl (C=O) groups excluding carboxylic acids is 3. The first kappa shape index (κ1) is 39.0. The highest BCUT2D eigenvalue weighted by Gasteiger charge is 2.43. The Kier molecular flexibility index (Phi) is 11.0. The number of nitrogens with zero attached hydrogens (tertiary/aromatic N) is 3. The van der Waals surface area contributed by atoms with Gasteiger partial charge in [-0.15, -0.1) is 5.06 Å². The maximum Gasteiger partial charge on any atom is 0.333 e. The summed E-state index contributed by atoms with van der Waals surface area (Å²) < 4.78 is 70.6. The molecule has 1 fully saturated rings. The van der Waals surface area contributed by atoms with Crippen molar-refractivity contribution in [2.75, 3.05) is 18.5 Å². The lowest BCUT2D eigenvalue weighted by molar-refractivity contribution is -0.401. The molecule has 0 unspecified atom stereocenters. The maximum atomic E-state index is 12.2. The predicted octanol–water partition coefficient (Wildman–Crippen LogP) is 5.55. The van der Waals surface area contributed by atoms with Crippen molar-refractivity contribution in [3.8, 4) is 0 Å². The number of imide groups is 1. The fourth-order valence-corrected chi connectivity index (χ4v) is 8.54. The Hall–Kier alpha value is -4.70. The monoisotopic (exact) mass is 777 g/mol. The van der Waals surface area contributed by atoms with Gasteiger partial charge in [0, 0.05) is 61.3 Å². The molecule has 13 nitrogen and oxygen atoms in total. The molecule has 54 heavy (non-hydrogen) atoms. The first-order valence-corrected chi connectivity index (χ1v) is 20.7. The number of unbranched alkanes of at least 4 members (excludes halogenated alkanes) is 2. The van der Waals surface area contributed by atoms with Crippen LogP contribution in [0.4, 0.5) is 11.4 Å². The zero-order valence-corrected chi connectivity index (χ0v) is 32.0. The number of hydrogen-bond acceptors (Lipinski definition) is 10. The Morgan fingerprint density at radius 3 is 2.37 bits per heavy atom. The number of benzene rings is 2. The van der Waals surface area contributed by atoms with E-state index in [4.69, 9.17) is 4.84 Å². The molecule has 2 aromatic rings. The molecule has 6 rings (SSSR count). The molecule has 286 valence electrons. The SMILES string of the molecule is C[N+]1=C(C=CC2=CC(=CC=C3Cc4cc(S(=O)(=O)[O-])ccc4N3CCCCCC(=O)ON3C(=O)CCC3=O)CCC2)C(C)(C)c2cc(S(=O)(=O)O)ccc21. The second-order valence-electron chi connectivity index (χ2n) is 14.5. The summed E-state index contributed by atoms with van der Waals surface area (Å²) in [6, 6.07) is 9.05. The number of hydrogen-bond donors (Lipinski definition) is 1. The van der Waals surface area contributed by atoms with E-state index in [0.717, 1.165) is 64.3 Å². The van der Waals surface area contributed by atoms with Crippen LogP contribution in [0.1, 0.15) is 82.8 Å². The molecule has 0 aromatic heterocycles. The van der Waals surface area contributed by atoms with E-state index in [0.29, 0.717) is 37.3 Å². The Morgan fingerprint density at radius 1 is 0.944 bits per heavy atom. The van der Waals surface area contributed by atoms with Crippen LogP contribution in [0.15, 0.2) is 93.4 Å². The summed E-state index contributed by atoms with van der Waals surface area (Å²) >= 11 is 0. The van der Waals surface area contributed by atoms with Crippen LogP contribution >= 0.6 is 0 Å². The van der Waals surface area contributed by atoms with E-state index in [9.17, 15) is 40.3 Å². The molecule has 1 saturated heterocycles. The number of carbonyl (C=O) groups is 3. The van der Waals surface area contributed by atoms with E-state index in [1.807, 2.05) is 31.5 Å². The van der Waals surface area contributed by atoms with Crippen LogP contribution in [0.3, 0.4) is 0 Å². The third kappa shape index (κ3) is 8.33. The van der Waals surface area contributed by atoms with Gasteiger partial charge in [-0.05, 0) is 99.1 Å². The number of amides is 2. The van der Waals surface area contributed by atoms with Gasteiger partial charge in [-0.1, -0.05) is 24.6 Å². The van der Waals surface area contributed by atoms with Crippen molar-refractivity contribution in [1.29, 1.82) is 0 Å². The van der Waals surface area contributed by atoms with Gasteiger partial charge < -0.3 is 14.3 Å². The molecule has 0 atom stereocenters. The van der Waals surface area contributed by atoms with Crippen LogP contribution in [-0.2, 0) is 51.3 Å². The summed E-state index contributed by atoms with van der Waals surface area (Å²) in [6.45, 7) is 4.61. The third-order valence-corrected chi connectivity index (χ3v) is 12.0. The minimum Gasteiger partial charge on any atom is -0.744 e.